The van der Waals surface area contributed by atoms with E-state index < -0.39 is 0 Å². The van der Waals surface area contributed by atoms with Crippen molar-refractivity contribution in [2.45, 2.75) is 0 Å². The average molecular weight is 236 g/mol. The van der Waals surface area contributed by atoms with Crippen LogP contribution in [0.2, 0.25) is 0 Å². The Labute approximate surface area is 102 Å². The van der Waals surface area contributed by atoms with E-state index in [1.165, 1.54) is 11.0 Å². The van der Waals surface area contributed by atoms with Crippen LogP contribution in [0.5, 0.6) is 0 Å². The smallest absolute Gasteiger partial charge is 0.239 e. The van der Waals surface area contributed by atoms with Gasteiger partial charge in [0.25, 0.3) is 0 Å². The molecule has 0 unspecified atom stereocenters. The van der Waals surface area contributed by atoms with Crippen LogP contribution in [0.15, 0.2) is 36.7 Å². The summed E-state index contributed by atoms with van der Waals surface area (Å²) in [6.07, 6.45) is 1.44. The zero-order chi connectivity index (χ0) is 12.5. The van der Waals surface area contributed by atoms with Crippen molar-refractivity contribution in [3.8, 4) is 11.9 Å². The van der Waals surface area contributed by atoms with E-state index in [1.54, 1.807) is 6.07 Å². The summed E-state index contributed by atoms with van der Waals surface area (Å²) in [5.74, 6) is 0.578. The Hall–Kier alpha value is -2.94. The maximum atomic E-state index is 9.16. The molecule has 6 heteroatoms. The van der Waals surface area contributed by atoms with Gasteiger partial charge in [0.15, 0.2) is 5.82 Å². The number of hydrogen-bond donors (Lipinski definition) is 1. The van der Waals surface area contributed by atoms with Crippen molar-refractivity contribution in [3.63, 3.8) is 0 Å². The van der Waals surface area contributed by atoms with Gasteiger partial charge in [-0.05, 0) is 12.1 Å². The van der Waals surface area contributed by atoms with Gasteiger partial charge in [0, 0.05) is 5.39 Å². The van der Waals surface area contributed by atoms with E-state index in [-0.39, 0.29) is 5.95 Å². The maximum absolute atomic E-state index is 9.16. The molecular weight excluding hydrogens is 228 g/mol. The Balaban J connectivity index is 2.31. The Kier molecular flexibility index (Phi) is 2.17. The molecule has 3 aromatic rings. The number of hydrogen-bond acceptors (Lipinski definition) is 5. The molecule has 18 heavy (non-hydrogen) atoms. The largest absolute Gasteiger partial charge is 0.366 e. The fourth-order valence-electron chi connectivity index (χ4n) is 1.74. The van der Waals surface area contributed by atoms with Gasteiger partial charge < -0.3 is 5.73 Å². The van der Waals surface area contributed by atoms with Gasteiger partial charge in [-0.3, -0.25) is 0 Å². The van der Waals surface area contributed by atoms with E-state index in [4.69, 9.17) is 11.0 Å². The summed E-state index contributed by atoms with van der Waals surface area (Å²) < 4.78 is 1.40. The lowest BCUT2D eigenvalue weighted by atomic mass is 10.1. The third-order valence-corrected chi connectivity index (χ3v) is 2.55. The number of nitrogen functional groups attached to an aromatic ring is 1. The predicted octanol–water partition coefficient (Wildman–Crippen LogP) is 1.27. The van der Waals surface area contributed by atoms with Crippen LogP contribution in [-0.2, 0) is 0 Å². The number of rotatable bonds is 1. The second-order valence-electron chi connectivity index (χ2n) is 3.71. The minimum absolute atomic E-state index is 0.147. The highest BCUT2D eigenvalue weighted by Crippen LogP contribution is 2.18. The molecular formula is C12H8N6. The van der Waals surface area contributed by atoms with Crippen LogP contribution in [0.3, 0.4) is 0 Å². The maximum Gasteiger partial charge on any atom is 0.239 e. The number of aromatic nitrogens is 4. The van der Waals surface area contributed by atoms with E-state index in [9.17, 15) is 0 Å². The first kappa shape index (κ1) is 10.2. The number of fused-ring (bicyclic) bond motifs is 1. The molecule has 2 heterocycles. The Morgan fingerprint density at radius 1 is 1.28 bits per heavy atom. The number of nitrogens with zero attached hydrogens (tertiary/aromatic N) is 5. The van der Waals surface area contributed by atoms with Crippen LogP contribution in [0, 0.1) is 11.3 Å². The lowest BCUT2D eigenvalue weighted by Crippen LogP contribution is -2.02. The van der Waals surface area contributed by atoms with E-state index in [0.29, 0.717) is 11.4 Å². The Bertz CT molecular complexity index is 768. The first-order valence-electron chi connectivity index (χ1n) is 5.25. The van der Waals surface area contributed by atoms with Crippen molar-refractivity contribution in [3.05, 3.63) is 42.2 Å². The monoisotopic (exact) mass is 236 g/mol. The molecule has 0 fully saturated rings. The summed E-state index contributed by atoms with van der Waals surface area (Å²) in [7, 11) is 0. The number of nitriles is 1. The first-order valence-corrected chi connectivity index (χ1v) is 5.25. The molecule has 3 rings (SSSR count). The zero-order valence-corrected chi connectivity index (χ0v) is 9.28. The molecule has 1 aromatic carbocycles. The minimum atomic E-state index is 0.147. The third-order valence-electron chi connectivity index (χ3n) is 2.55. The zero-order valence-electron chi connectivity index (χ0n) is 9.28. The van der Waals surface area contributed by atoms with Gasteiger partial charge in [0.1, 0.15) is 12.4 Å². The second-order valence-corrected chi connectivity index (χ2v) is 3.71. The van der Waals surface area contributed by atoms with Crippen molar-refractivity contribution < 1.29 is 0 Å². The van der Waals surface area contributed by atoms with Crippen LogP contribution in [0.1, 0.15) is 5.56 Å². The van der Waals surface area contributed by atoms with Gasteiger partial charge in [-0.15, -0.1) is 5.10 Å². The molecule has 86 valence electrons. The number of pyridine rings is 1. The van der Waals surface area contributed by atoms with Gasteiger partial charge in [-0.25, -0.2) is 9.97 Å². The summed E-state index contributed by atoms with van der Waals surface area (Å²) in [6, 6.07) is 11.4. The SMILES string of the molecule is N#Cc1cc2ccccc2nc1-n1cnc(N)n1. The lowest BCUT2D eigenvalue weighted by Gasteiger charge is -2.04. The van der Waals surface area contributed by atoms with Gasteiger partial charge in [-0.1, -0.05) is 18.2 Å². The van der Waals surface area contributed by atoms with Crippen molar-refractivity contribution >= 4 is 16.9 Å². The van der Waals surface area contributed by atoms with E-state index in [1.807, 2.05) is 24.3 Å². The normalized spacial score (nSPS) is 10.4. The van der Waals surface area contributed by atoms with E-state index in [0.717, 1.165) is 10.9 Å². The fraction of sp³-hybridized carbons (Fsp3) is 0. The van der Waals surface area contributed by atoms with Gasteiger partial charge in [-0.2, -0.15) is 9.94 Å². The summed E-state index contributed by atoms with van der Waals surface area (Å²) in [4.78, 5) is 8.24. The molecule has 0 aliphatic rings. The third kappa shape index (κ3) is 1.55. The van der Waals surface area contributed by atoms with Crippen molar-refractivity contribution in [2.24, 2.45) is 0 Å². The molecule has 2 aromatic heterocycles. The quantitative estimate of drug-likeness (QED) is 0.686. The standard InChI is InChI=1S/C12H8N6/c13-6-9-5-8-3-1-2-4-10(8)16-11(9)18-7-15-12(14)17-18/h1-5,7H,(H2,14,17). The second kappa shape index (κ2) is 3.82. The highest BCUT2D eigenvalue weighted by Gasteiger charge is 2.10. The molecule has 0 saturated carbocycles. The van der Waals surface area contributed by atoms with Crippen molar-refractivity contribution in [2.75, 3.05) is 5.73 Å². The summed E-state index contributed by atoms with van der Waals surface area (Å²) >= 11 is 0. The molecule has 0 bridgehead atoms. The first-order chi connectivity index (χ1) is 8.78. The highest BCUT2D eigenvalue weighted by molar-refractivity contribution is 5.81. The average Bonchev–Trinajstić information content (AvgIpc) is 2.83. The molecule has 0 spiro atoms. The van der Waals surface area contributed by atoms with Crippen LogP contribution in [-0.4, -0.2) is 19.7 Å². The fourth-order valence-corrected chi connectivity index (χ4v) is 1.74. The van der Waals surface area contributed by atoms with Crippen LogP contribution < -0.4 is 5.73 Å². The summed E-state index contributed by atoms with van der Waals surface area (Å²) in [5.41, 5.74) is 6.69. The van der Waals surface area contributed by atoms with E-state index in [2.05, 4.69) is 21.1 Å². The molecule has 6 nitrogen and oxygen atoms in total. The highest BCUT2D eigenvalue weighted by atomic mass is 15.4. The number of nitrogens with two attached hydrogens (primary N) is 1. The Morgan fingerprint density at radius 3 is 2.83 bits per heavy atom. The summed E-state index contributed by atoms with van der Waals surface area (Å²) in [6.45, 7) is 0. The molecule has 0 aliphatic heterocycles. The van der Waals surface area contributed by atoms with E-state index >= 15 is 0 Å². The van der Waals surface area contributed by atoms with Crippen molar-refractivity contribution in [1.82, 2.24) is 19.7 Å². The predicted molar refractivity (Wildman–Crippen MR) is 65.8 cm³/mol. The van der Waals surface area contributed by atoms with Gasteiger partial charge in [0.2, 0.25) is 5.95 Å². The molecule has 0 amide bonds. The van der Waals surface area contributed by atoms with Crippen LogP contribution in [0.25, 0.3) is 16.7 Å². The Morgan fingerprint density at radius 2 is 2.11 bits per heavy atom. The molecule has 0 saturated heterocycles. The summed E-state index contributed by atoms with van der Waals surface area (Å²) in [5, 5.41) is 14.0. The minimum Gasteiger partial charge on any atom is -0.366 e. The van der Waals surface area contributed by atoms with Gasteiger partial charge >= 0.3 is 0 Å². The number of benzene rings is 1. The molecule has 0 atom stereocenters. The van der Waals surface area contributed by atoms with Crippen LogP contribution >= 0.6 is 0 Å². The van der Waals surface area contributed by atoms with Crippen LogP contribution in [0.4, 0.5) is 5.95 Å². The molecule has 0 radical (unpaired) electrons. The number of anilines is 1. The van der Waals surface area contributed by atoms with Gasteiger partial charge in [0.05, 0.1) is 11.1 Å². The topological polar surface area (TPSA) is 93.4 Å². The van der Waals surface area contributed by atoms with Crippen molar-refractivity contribution in [1.29, 1.82) is 5.26 Å². The lowest BCUT2D eigenvalue weighted by molar-refractivity contribution is 0.851. The molecule has 0 aliphatic carbocycles. The molecule has 2 N–H and O–H groups in total. The number of para-hydroxylation sites is 1.